The van der Waals surface area contributed by atoms with E-state index in [0.717, 1.165) is 27.7 Å². The van der Waals surface area contributed by atoms with E-state index < -0.39 is 282 Å². The predicted molar refractivity (Wildman–Crippen MR) is 286 cm³/mol. The van der Waals surface area contributed by atoms with Crippen molar-refractivity contribution in [3.63, 3.8) is 0 Å². The minimum absolute atomic E-state index is 0.829. The third-order valence-electron chi connectivity index (χ3n) is 16.3. The number of hydrogen-bond donors (Lipinski definition) is 21. The van der Waals surface area contributed by atoms with Gasteiger partial charge in [0.15, 0.2) is 44.0 Å². The van der Waals surface area contributed by atoms with E-state index in [-0.39, 0.29) is 0 Å². The number of carbonyl (C=O) groups excluding carboxylic acids is 4. The summed E-state index contributed by atoms with van der Waals surface area (Å²) in [6.07, 6.45) is -61.0. The maximum atomic E-state index is 13.3. The zero-order chi connectivity index (χ0) is 68.3. The lowest BCUT2D eigenvalue weighted by Crippen LogP contribution is -2.72. The monoisotopic (exact) mass is 1360 g/mol. The Hall–Kier alpha value is -3.41. The van der Waals surface area contributed by atoms with Gasteiger partial charge >= 0.3 is 10.4 Å². The van der Waals surface area contributed by atoms with E-state index >= 15 is 0 Å². The van der Waals surface area contributed by atoms with Gasteiger partial charge in [-0.15, -0.1) is 0 Å². The lowest BCUT2D eigenvalue weighted by Gasteiger charge is -2.52. The lowest BCUT2D eigenvalue weighted by molar-refractivity contribution is -0.399. The normalized spacial score (nSPS) is 47.0. The Kier molecular flexibility index (Phi) is 26.7. The van der Waals surface area contributed by atoms with Gasteiger partial charge in [-0.25, -0.2) is 4.18 Å². The molecule has 92 heavy (non-hydrogen) atoms. The number of amides is 4. The summed E-state index contributed by atoms with van der Waals surface area (Å²) in [5.41, 5.74) is 0. The molecule has 4 amide bonds. The molecule has 7 rings (SSSR count). The largest absolute Gasteiger partial charge is 0.397 e. The standard InChI is InChI=1S/C50H84N4O37S/c1-12-27(62)35(70)37(72)48(80-12)88-41-26(54-17(6)61)46(83-19(8-56)31(41)66)87-40-25(53-16(5)60)47(84-18(7-55)30(40)65)90-42-32(67)20(9-57)85-50(43(42)91-49-38(73)36(71)28(63)13(2)81-49)89-39-24(52-15(4)59)44(74)82-21(33(39)68)10-78-45-23(51-14(3)58)34(69)29(64)22(86-45)11-79-92(75,76)77/h12-13,18-50,55-57,62-74H,7-11H2,1-6H3,(H,51,58)(H,52,59)(H,53,60)(H,54,61)(H,75,76,77)/t12-,13-,18+,19+,20+,21+,22+,23+,24+,25+,26+,27+,28+,29+,30-,31+,32-,33-,34+,35+,36+,37-,38-,39+,40+,41+,42-,43+,44+,45+,46+,47+,48-,49-,50-/m0/s1. The van der Waals surface area contributed by atoms with Crippen molar-refractivity contribution < 1.29 is 180 Å². The molecule has 41 nitrogen and oxygen atoms in total. The number of aliphatic hydroxyl groups excluding tert-OH is 16. The van der Waals surface area contributed by atoms with E-state index in [4.69, 9.17) is 61.6 Å². The van der Waals surface area contributed by atoms with E-state index in [1.807, 2.05) is 0 Å². The number of nitrogens with one attached hydrogen (secondary N) is 4. The Bertz CT molecular complexity index is 2540. The van der Waals surface area contributed by atoms with Crippen LogP contribution in [0.4, 0.5) is 0 Å². The maximum Gasteiger partial charge on any atom is 0.397 e. The SMILES string of the molecule is CC(=O)N[C@@H]1[C@@H](O[C@@H]2O[C@H](CO)[C@H](O)[C@H](O[C@H]3O[C@H](CO)[C@H](O)[C@H](O[C@H]4O[C@H](CO)[C@@H](O)[C@H](O[C@@H]5O[C@@H](C)[C@@H](O)[C@@H](O)[C@@H]5O)[C@H]4NC(C)=O)[C@H]3NC(C)=O)[C@H]2O[C@@H]2O[C@@H](C)[C@@H](O)[C@@H](O)[C@@H]2O)[C@@H](O)[C@@H](CO[C@@H]2O[C@H](COS(=O)(=O)O)[C@@H](O)[C@H](O)[C@H]2NC(C)=O)O[C@H]1O. The fraction of sp³-hybridized carbons (Fsp3) is 0.920. The summed E-state index contributed by atoms with van der Waals surface area (Å²) in [5, 5.41) is 188. The van der Waals surface area contributed by atoms with Crippen LogP contribution in [0, 0.1) is 0 Å². The Morgan fingerprint density at radius 2 is 0.707 bits per heavy atom. The zero-order valence-electron chi connectivity index (χ0n) is 49.9. The molecular weight excluding hydrogens is 1280 g/mol. The molecule has 0 aromatic rings. The van der Waals surface area contributed by atoms with Crippen LogP contribution in [0.1, 0.15) is 41.5 Å². The van der Waals surface area contributed by atoms with E-state index in [1.54, 1.807) is 0 Å². The van der Waals surface area contributed by atoms with Crippen molar-refractivity contribution in [1.29, 1.82) is 0 Å². The van der Waals surface area contributed by atoms with Gasteiger partial charge in [-0.2, -0.15) is 8.42 Å². The van der Waals surface area contributed by atoms with Gasteiger partial charge in [-0.3, -0.25) is 23.7 Å². The Labute approximate surface area is 523 Å². The van der Waals surface area contributed by atoms with Crippen LogP contribution < -0.4 is 21.3 Å². The Morgan fingerprint density at radius 3 is 1.15 bits per heavy atom. The molecule has 7 aliphatic heterocycles. The van der Waals surface area contributed by atoms with Gasteiger partial charge in [0.05, 0.1) is 45.2 Å². The number of ether oxygens (including phenoxy) is 13. The highest BCUT2D eigenvalue weighted by atomic mass is 32.3. The highest BCUT2D eigenvalue weighted by molar-refractivity contribution is 7.80. The van der Waals surface area contributed by atoms with Gasteiger partial charge in [-0.1, -0.05) is 0 Å². The van der Waals surface area contributed by atoms with Crippen molar-refractivity contribution in [3.8, 4) is 0 Å². The van der Waals surface area contributed by atoms with Crippen LogP contribution in [-0.4, -0.2) is 366 Å². The molecule has 0 aromatic heterocycles. The van der Waals surface area contributed by atoms with E-state index in [2.05, 4.69) is 25.5 Å². The number of aliphatic hydroxyl groups is 16. The molecule has 0 aliphatic carbocycles. The van der Waals surface area contributed by atoms with Gasteiger partial charge in [0.1, 0.15) is 158 Å². The highest BCUT2D eigenvalue weighted by Crippen LogP contribution is 2.39. The first kappa shape index (κ1) is 76.0. The van der Waals surface area contributed by atoms with Crippen molar-refractivity contribution in [1.82, 2.24) is 21.3 Å². The molecule has 0 bridgehead atoms. The van der Waals surface area contributed by atoms with Gasteiger partial charge < -0.3 is 165 Å². The average molecular weight is 1370 g/mol. The molecular formula is C50H84N4O37S. The molecule has 7 saturated heterocycles. The summed E-state index contributed by atoms with van der Waals surface area (Å²) in [6, 6.07) is -7.30. The maximum absolute atomic E-state index is 13.3. The molecule has 35 atom stereocenters. The van der Waals surface area contributed by atoms with Gasteiger partial charge in [0.25, 0.3) is 0 Å². The van der Waals surface area contributed by atoms with Crippen molar-refractivity contribution in [2.24, 2.45) is 0 Å². The Balaban J connectivity index is 1.26. The minimum Gasteiger partial charge on any atom is -0.394 e. The van der Waals surface area contributed by atoms with Crippen LogP contribution in [0.15, 0.2) is 0 Å². The molecule has 532 valence electrons. The average Bonchev–Trinajstić information content (AvgIpc) is 0.772. The predicted octanol–water partition coefficient (Wildman–Crippen LogP) is -13.8. The van der Waals surface area contributed by atoms with Gasteiger partial charge in [0, 0.05) is 27.7 Å². The first-order chi connectivity index (χ1) is 43.1. The van der Waals surface area contributed by atoms with E-state index in [1.165, 1.54) is 13.8 Å². The molecule has 0 radical (unpaired) electrons. The molecule has 21 N–H and O–H groups in total. The van der Waals surface area contributed by atoms with E-state index in [9.17, 15) is 114 Å². The molecule has 42 heteroatoms. The van der Waals surface area contributed by atoms with Crippen LogP contribution >= 0.6 is 0 Å². The minimum atomic E-state index is -5.17. The summed E-state index contributed by atoms with van der Waals surface area (Å²) in [7, 11) is -5.17. The molecule has 7 aliphatic rings. The van der Waals surface area contributed by atoms with E-state index in [0.29, 0.717) is 0 Å². The van der Waals surface area contributed by atoms with Gasteiger partial charge in [-0.05, 0) is 13.8 Å². The topological polar surface area (TPSA) is 624 Å². The van der Waals surface area contributed by atoms with Crippen LogP contribution in [0.5, 0.6) is 0 Å². The summed E-state index contributed by atoms with van der Waals surface area (Å²) in [6.45, 7) is 1.02. The van der Waals surface area contributed by atoms with Crippen LogP contribution in [0.3, 0.4) is 0 Å². The highest BCUT2D eigenvalue weighted by Gasteiger charge is 2.60. The first-order valence-corrected chi connectivity index (χ1v) is 30.3. The van der Waals surface area contributed by atoms with Crippen LogP contribution in [-0.2, 0) is 95.3 Å². The number of rotatable bonds is 23. The summed E-state index contributed by atoms with van der Waals surface area (Å²) < 4.78 is 114. The van der Waals surface area contributed by atoms with Crippen molar-refractivity contribution in [3.05, 3.63) is 0 Å². The third kappa shape index (κ3) is 17.6. The zero-order valence-corrected chi connectivity index (χ0v) is 50.7. The molecule has 7 fully saturated rings. The van der Waals surface area contributed by atoms with Crippen molar-refractivity contribution in [2.75, 3.05) is 33.0 Å². The summed E-state index contributed by atoms with van der Waals surface area (Å²) in [5.74, 6) is -3.56. The Morgan fingerprint density at radius 1 is 0.359 bits per heavy atom. The smallest absolute Gasteiger partial charge is 0.394 e. The summed E-state index contributed by atoms with van der Waals surface area (Å²) >= 11 is 0. The molecule has 0 aromatic carbocycles. The van der Waals surface area contributed by atoms with Gasteiger partial charge in [0.2, 0.25) is 23.6 Å². The summed E-state index contributed by atoms with van der Waals surface area (Å²) in [4.78, 5) is 51.3. The molecule has 0 spiro atoms. The van der Waals surface area contributed by atoms with Crippen LogP contribution in [0.2, 0.25) is 0 Å². The molecule has 0 unspecified atom stereocenters. The first-order valence-electron chi connectivity index (χ1n) is 29.0. The molecule has 0 saturated carbocycles. The fourth-order valence-electron chi connectivity index (χ4n) is 11.5. The quantitative estimate of drug-likeness (QED) is 0.0422. The van der Waals surface area contributed by atoms with Crippen molar-refractivity contribution in [2.45, 2.75) is 256 Å². The van der Waals surface area contributed by atoms with Crippen molar-refractivity contribution >= 4 is 34.0 Å². The second-order valence-corrected chi connectivity index (χ2v) is 24.1. The lowest BCUT2D eigenvalue weighted by atomic mass is 9.93. The number of carbonyl (C=O) groups is 4. The third-order valence-corrected chi connectivity index (χ3v) is 16.7. The van der Waals surface area contributed by atoms with Crippen LogP contribution in [0.25, 0.3) is 0 Å². The second-order valence-electron chi connectivity index (χ2n) is 23.0. The molecule has 7 heterocycles. The second kappa shape index (κ2) is 32.3. The fourth-order valence-corrected chi connectivity index (χ4v) is 11.8. The number of hydrogen-bond acceptors (Lipinski definition) is 36.